The number of amides is 1. The standard InChI is InChI=1S/C18H16F3NO/c1-12(23)22-11-10-13-4-2-3-5-16(13)17(22)14-6-8-15(9-7-14)18(19,20)21/h2-9,17H,10-11H2,1H3/t17-/m1/s1. The van der Waals surface area contributed by atoms with E-state index in [1.54, 1.807) is 4.90 Å². The van der Waals surface area contributed by atoms with Gasteiger partial charge in [0.05, 0.1) is 11.6 Å². The lowest BCUT2D eigenvalue weighted by Crippen LogP contribution is -2.39. The average Bonchev–Trinajstić information content (AvgIpc) is 2.53. The van der Waals surface area contributed by atoms with Crippen molar-refractivity contribution in [2.45, 2.75) is 25.6 Å². The van der Waals surface area contributed by atoms with Gasteiger partial charge in [-0.3, -0.25) is 4.79 Å². The molecule has 0 fully saturated rings. The van der Waals surface area contributed by atoms with Gasteiger partial charge in [0, 0.05) is 13.5 Å². The minimum atomic E-state index is -4.36. The minimum Gasteiger partial charge on any atom is -0.331 e. The zero-order chi connectivity index (χ0) is 16.6. The smallest absolute Gasteiger partial charge is 0.331 e. The Bertz CT molecular complexity index is 722. The molecule has 23 heavy (non-hydrogen) atoms. The van der Waals surface area contributed by atoms with E-state index in [1.165, 1.54) is 19.1 Å². The van der Waals surface area contributed by atoms with E-state index in [2.05, 4.69) is 0 Å². The van der Waals surface area contributed by atoms with Crippen LogP contribution >= 0.6 is 0 Å². The summed E-state index contributed by atoms with van der Waals surface area (Å²) in [4.78, 5) is 13.7. The maximum absolute atomic E-state index is 12.7. The first-order valence-electron chi connectivity index (χ1n) is 7.40. The van der Waals surface area contributed by atoms with Gasteiger partial charge in [0.15, 0.2) is 0 Å². The van der Waals surface area contributed by atoms with Crippen molar-refractivity contribution < 1.29 is 18.0 Å². The number of hydrogen-bond donors (Lipinski definition) is 0. The number of halogens is 3. The topological polar surface area (TPSA) is 20.3 Å². The Labute approximate surface area is 132 Å². The molecule has 2 aromatic rings. The molecule has 0 aliphatic carbocycles. The predicted molar refractivity (Wildman–Crippen MR) is 80.8 cm³/mol. The second-order valence-corrected chi connectivity index (χ2v) is 5.68. The van der Waals surface area contributed by atoms with Crippen LogP contribution in [0.1, 0.15) is 35.2 Å². The molecule has 2 aromatic carbocycles. The average molecular weight is 319 g/mol. The fraction of sp³-hybridized carbons (Fsp3) is 0.278. The van der Waals surface area contributed by atoms with Crippen molar-refractivity contribution >= 4 is 5.91 Å². The first-order valence-corrected chi connectivity index (χ1v) is 7.40. The quantitative estimate of drug-likeness (QED) is 0.771. The highest BCUT2D eigenvalue weighted by molar-refractivity contribution is 5.75. The summed E-state index contributed by atoms with van der Waals surface area (Å²) in [5.41, 5.74) is 2.13. The number of rotatable bonds is 1. The van der Waals surface area contributed by atoms with Crippen molar-refractivity contribution in [3.05, 3.63) is 70.8 Å². The van der Waals surface area contributed by atoms with Crippen molar-refractivity contribution in [3.8, 4) is 0 Å². The van der Waals surface area contributed by atoms with Crippen LogP contribution in [0.25, 0.3) is 0 Å². The van der Waals surface area contributed by atoms with Crippen LogP contribution in [-0.4, -0.2) is 17.4 Å². The Morgan fingerprint density at radius 1 is 1.09 bits per heavy atom. The Morgan fingerprint density at radius 2 is 1.74 bits per heavy atom. The molecule has 0 saturated heterocycles. The third-order valence-corrected chi connectivity index (χ3v) is 4.24. The van der Waals surface area contributed by atoms with E-state index in [0.29, 0.717) is 12.1 Å². The SMILES string of the molecule is CC(=O)N1CCc2ccccc2[C@H]1c1ccc(C(F)(F)F)cc1. The molecule has 1 aliphatic rings. The maximum atomic E-state index is 12.7. The lowest BCUT2D eigenvalue weighted by Gasteiger charge is -2.37. The van der Waals surface area contributed by atoms with Crippen molar-refractivity contribution in [1.29, 1.82) is 0 Å². The lowest BCUT2D eigenvalue weighted by atomic mass is 9.88. The molecule has 1 heterocycles. The van der Waals surface area contributed by atoms with E-state index >= 15 is 0 Å². The van der Waals surface area contributed by atoms with E-state index < -0.39 is 11.7 Å². The van der Waals surface area contributed by atoms with Crippen LogP contribution in [0.2, 0.25) is 0 Å². The van der Waals surface area contributed by atoms with Crippen molar-refractivity contribution in [2.24, 2.45) is 0 Å². The first-order chi connectivity index (χ1) is 10.9. The Morgan fingerprint density at radius 3 is 2.35 bits per heavy atom. The fourth-order valence-corrected chi connectivity index (χ4v) is 3.12. The van der Waals surface area contributed by atoms with Gasteiger partial charge in [-0.25, -0.2) is 0 Å². The summed E-state index contributed by atoms with van der Waals surface area (Å²) in [6.07, 6.45) is -3.60. The van der Waals surface area contributed by atoms with Crippen LogP contribution in [-0.2, 0) is 17.4 Å². The normalized spacial score (nSPS) is 17.7. The molecule has 2 nitrogen and oxygen atoms in total. The molecule has 0 saturated carbocycles. The number of carbonyl (C=O) groups excluding carboxylic acids is 1. The zero-order valence-electron chi connectivity index (χ0n) is 12.6. The molecular formula is C18H16F3NO. The molecule has 5 heteroatoms. The Hall–Kier alpha value is -2.30. The summed E-state index contributed by atoms with van der Waals surface area (Å²) >= 11 is 0. The number of alkyl halides is 3. The molecule has 3 rings (SSSR count). The first kappa shape index (κ1) is 15.6. The van der Waals surface area contributed by atoms with Crippen LogP contribution in [0.15, 0.2) is 48.5 Å². The van der Waals surface area contributed by atoms with E-state index in [9.17, 15) is 18.0 Å². The van der Waals surface area contributed by atoms with E-state index in [4.69, 9.17) is 0 Å². The van der Waals surface area contributed by atoms with Gasteiger partial charge < -0.3 is 4.90 Å². The summed E-state index contributed by atoms with van der Waals surface area (Å²) in [6.45, 7) is 2.06. The molecular weight excluding hydrogens is 303 g/mol. The lowest BCUT2D eigenvalue weighted by molar-refractivity contribution is -0.137. The van der Waals surface area contributed by atoms with Gasteiger partial charge >= 0.3 is 6.18 Å². The Balaban J connectivity index is 2.05. The fourth-order valence-electron chi connectivity index (χ4n) is 3.12. The van der Waals surface area contributed by atoms with Gasteiger partial charge in [0.2, 0.25) is 5.91 Å². The molecule has 0 spiro atoms. The van der Waals surface area contributed by atoms with Gasteiger partial charge in [-0.15, -0.1) is 0 Å². The predicted octanol–water partition coefficient (Wildman–Crippen LogP) is 4.20. The number of fused-ring (bicyclic) bond motifs is 1. The summed E-state index contributed by atoms with van der Waals surface area (Å²) in [5.74, 6) is -0.0793. The monoisotopic (exact) mass is 319 g/mol. The third kappa shape index (κ3) is 2.96. The summed E-state index contributed by atoms with van der Waals surface area (Å²) < 4.78 is 38.2. The van der Waals surface area contributed by atoms with Gasteiger partial charge in [-0.1, -0.05) is 36.4 Å². The second kappa shape index (κ2) is 5.72. The molecule has 120 valence electrons. The number of carbonyl (C=O) groups is 1. The zero-order valence-corrected chi connectivity index (χ0v) is 12.6. The van der Waals surface area contributed by atoms with Gasteiger partial charge in [-0.2, -0.15) is 13.2 Å². The number of nitrogens with zero attached hydrogens (tertiary/aromatic N) is 1. The van der Waals surface area contributed by atoms with E-state index in [1.807, 2.05) is 24.3 Å². The molecule has 1 amide bonds. The van der Waals surface area contributed by atoms with Gasteiger partial charge in [0.1, 0.15) is 0 Å². The molecule has 1 atom stereocenters. The van der Waals surface area contributed by atoms with Crippen LogP contribution in [0.5, 0.6) is 0 Å². The summed E-state index contributed by atoms with van der Waals surface area (Å²) in [5, 5.41) is 0. The highest BCUT2D eigenvalue weighted by Crippen LogP contribution is 2.36. The van der Waals surface area contributed by atoms with Gasteiger partial charge in [0.25, 0.3) is 0 Å². The summed E-state index contributed by atoms with van der Waals surface area (Å²) in [7, 11) is 0. The van der Waals surface area contributed by atoms with Crippen molar-refractivity contribution in [2.75, 3.05) is 6.54 Å². The van der Waals surface area contributed by atoms with Crippen LogP contribution < -0.4 is 0 Å². The largest absolute Gasteiger partial charge is 0.416 e. The third-order valence-electron chi connectivity index (χ3n) is 4.24. The molecule has 0 unspecified atom stereocenters. The molecule has 0 bridgehead atoms. The van der Waals surface area contributed by atoms with Crippen molar-refractivity contribution in [3.63, 3.8) is 0 Å². The highest BCUT2D eigenvalue weighted by atomic mass is 19.4. The number of hydrogen-bond acceptors (Lipinski definition) is 1. The molecule has 0 radical (unpaired) electrons. The maximum Gasteiger partial charge on any atom is 0.416 e. The van der Waals surface area contributed by atoms with E-state index in [0.717, 1.165) is 29.7 Å². The van der Waals surface area contributed by atoms with E-state index in [-0.39, 0.29) is 11.9 Å². The summed E-state index contributed by atoms with van der Waals surface area (Å²) in [6, 6.07) is 12.5. The van der Waals surface area contributed by atoms with Crippen LogP contribution in [0.3, 0.4) is 0 Å². The molecule has 1 aliphatic heterocycles. The van der Waals surface area contributed by atoms with Crippen LogP contribution in [0.4, 0.5) is 13.2 Å². The second-order valence-electron chi connectivity index (χ2n) is 5.68. The van der Waals surface area contributed by atoms with Crippen molar-refractivity contribution in [1.82, 2.24) is 4.90 Å². The highest BCUT2D eigenvalue weighted by Gasteiger charge is 2.33. The Kier molecular flexibility index (Phi) is 3.88. The molecule has 0 aromatic heterocycles. The number of benzene rings is 2. The van der Waals surface area contributed by atoms with Gasteiger partial charge in [-0.05, 0) is 35.2 Å². The van der Waals surface area contributed by atoms with Crippen LogP contribution in [0, 0.1) is 0 Å². The molecule has 0 N–H and O–H groups in total. The minimum absolute atomic E-state index is 0.0793.